The van der Waals surface area contributed by atoms with Crippen molar-refractivity contribution in [1.82, 2.24) is 5.43 Å². The second-order valence-electron chi connectivity index (χ2n) is 6.85. The van der Waals surface area contributed by atoms with E-state index in [2.05, 4.69) is 17.1 Å². The quantitative estimate of drug-likeness (QED) is 0.168. The molecule has 0 aromatic heterocycles. The van der Waals surface area contributed by atoms with Gasteiger partial charge in [-0.2, -0.15) is 13.5 Å². The Labute approximate surface area is 212 Å². The molecule has 0 saturated carbocycles. The summed E-state index contributed by atoms with van der Waals surface area (Å²) in [6.07, 6.45) is 2.94. The largest absolute Gasteiger partial charge is 0.493 e. The summed E-state index contributed by atoms with van der Waals surface area (Å²) in [5.41, 5.74) is 3.20. The minimum absolute atomic E-state index is 0.0395. The number of rotatable bonds is 10. The van der Waals surface area contributed by atoms with Crippen LogP contribution < -0.4 is 19.1 Å². The van der Waals surface area contributed by atoms with E-state index in [1.165, 1.54) is 61.9 Å². The maximum absolute atomic E-state index is 12.4. The van der Waals surface area contributed by atoms with Crippen LogP contribution in [0.2, 0.25) is 10.0 Å². The molecule has 1 N–H and O–H groups in total. The Bertz CT molecular complexity index is 1360. The summed E-state index contributed by atoms with van der Waals surface area (Å²) in [5.74, 6) is 0.325. The zero-order valence-corrected chi connectivity index (χ0v) is 20.7. The molecule has 3 aromatic carbocycles. The number of nitrogens with zero attached hydrogens (tertiary/aromatic N) is 1. The number of carbonyl (C=O) groups is 1. The summed E-state index contributed by atoms with van der Waals surface area (Å²) in [6.45, 7) is 3.88. The van der Waals surface area contributed by atoms with Gasteiger partial charge in [0.2, 0.25) is 0 Å². The number of methoxy groups -OCH3 is 1. The van der Waals surface area contributed by atoms with Crippen molar-refractivity contribution in [1.29, 1.82) is 0 Å². The Morgan fingerprint density at radius 3 is 2.40 bits per heavy atom. The van der Waals surface area contributed by atoms with Gasteiger partial charge in [0.1, 0.15) is 11.5 Å². The summed E-state index contributed by atoms with van der Waals surface area (Å²) in [5, 5.41) is 4.34. The highest BCUT2D eigenvalue weighted by molar-refractivity contribution is 7.87. The van der Waals surface area contributed by atoms with Gasteiger partial charge >= 0.3 is 10.1 Å². The van der Waals surface area contributed by atoms with E-state index in [4.69, 9.17) is 36.9 Å². The lowest BCUT2D eigenvalue weighted by atomic mass is 10.2. The van der Waals surface area contributed by atoms with Crippen molar-refractivity contribution in [3.63, 3.8) is 0 Å². The SMILES string of the molecule is C=CCOc1ccc(C(=O)N/N=C/c2ccc(OS(=O)(=O)c3ccc(Cl)cc3)c(Cl)c2)cc1OC. The second-order valence-corrected chi connectivity index (χ2v) is 9.24. The van der Waals surface area contributed by atoms with E-state index in [0.717, 1.165) is 0 Å². The number of halogens is 2. The van der Waals surface area contributed by atoms with Gasteiger partial charge in [0, 0.05) is 10.6 Å². The van der Waals surface area contributed by atoms with Crippen LogP contribution in [-0.2, 0) is 10.1 Å². The molecule has 11 heteroatoms. The molecular weight excluding hydrogens is 515 g/mol. The van der Waals surface area contributed by atoms with Crippen molar-refractivity contribution in [2.45, 2.75) is 4.90 Å². The van der Waals surface area contributed by atoms with E-state index in [1.54, 1.807) is 18.2 Å². The van der Waals surface area contributed by atoms with Gasteiger partial charge in [-0.15, -0.1) is 0 Å². The normalized spacial score (nSPS) is 11.2. The standard InChI is InChI=1S/C24H20Cl2N2O6S/c1-3-12-33-22-11-5-17(14-23(22)32-2)24(29)28-27-15-16-4-10-21(20(26)13-16)34-35(30,31)19-8-6-18(25)7-9-19/h3-11,13-15H,1,12H2,2H3,(H,28,29)/b27-15+. The number of benzene rings is 3. The van der Waals surface area contributed by atoms with Crippen LogP contribution in [-0.4, -0.2) is 34.3 Å². The van der Waals surface area contributed by atoms with Crippen LogP contribution in [0.5, 0.6) is 17.2 Å². The summed E-state index contributed by atoms with van der Waals surface area (Å²) in [6, 6.07) is 14.6. The van der Waals surface area contributed by atoms with Crippen LogP contribution in [0.3, 0.4) is 0 Å². The molecule has 8 nitrogen and oxygen atoms in total. The number of hydrogen-bond acceptors (Lipinski definition) is 7. The fourth-order valence-corrected chi connectivity index (χ4v) is 4.09. The first-order valence-electron chi connectivity index (χ1n) is 9.98. The van der Waals surface area contributed by atoms with Gasteiger partial charge in [-0.3, -0.25) is 4.79 Å². The van der Waals surface area contributed by atoms with Crippen molar-refractivity contribution in [2.75, 3.05) is 13.7 Å². The van der Waals surface area contributed by atoms with Crippen molar-refractivity contribution in [2.24, 2.45) is 5.10 Å². The van der Waals surface area contributed by atoms with E-state index in [1.807, 2.05) is 0 Å². The van der Waals surface area contributed by atoms with E-state index >= 15 is 0 Å². The minimum atomic E-state index is -4.10. The van der Waals surface area contributed by atoms with Crippen molar-refractivity contribution >= 4 is 45.4 Å². The zero-order chi connectivity index (χ0) is 25.4. The lowest BCUT2D eigenvalue weighted by Crippen LogP contribution is -2.17. The molecule has 35 heavy (non-hydrogen) atoms. The van der Waals surface area contributed by atoms with E-state index < -0.39 is 16.0 Å². The fraction of sp³-hybridized carbons (Fsp3) is 0.0833. The highest BCUT2D eigenvalue weighted by Gasteiger charge is 2.18. The Balaban J connectivity index is 1.66. The number of ether oxygens (including phenoxy) is 2. The second kappa shape index (κ2) is 11.7. The molecule has 0 unspecified atom stereocenters. The topological polar surface area (TPSA) is 103 Å². The van der Waals surface area contributed by atoms with E-state index in [0.29, 0.717) is 34.3 Å². The lowest BCUT2D eigenvalue weighted by Gasteiger charge is -2.10. The monoisotopic (exact) mass is 534 g/mol. The molecule has 0 bridgehead atoms. The summed E-state index contributed by atoms with van der Waals surface area (Å²) in [4.78, 5) is 12.3. The summed E-state index contributed by atoms with van der Waals surface area (Å²) < 4.78 is 40.7. The highest BCUT2D eigenvalue weighted by atomic mass is 35.5. The average molecular weight is 535 g/mol. The maximum Gasteiger partial charge on any atom is 0.339 e. The van der Waals surface area contributed by atoms with Crippen LogP contribution in [0, 0.1) is 0 Å². The first-order chi connectivity index (χ1) is 16.7. The van der Waals surface area contributed by atoms with Gasteiger partial charge in [0.05, 0.1) is 18.3 Å². The summed E-state index contributed by atoms with van der Waals surface area (Å²) in [7, 11) is -2.63. The van der Waals surface area contributed by atoms with Gasteiger partial charge in [-0.1, -0.05) is 35.9 Å². The van der Waals surface area contributed by atoms with Crippen LogP contribution in [0.1, 0.15) is 15.9 Å². The molecule has 0 atom stereocenters. The van der Waals surface area contributed by atoms with E-state index in [9.17, 15) is 13.2 Å². The Morgan fingerprint density at radius 2 is 1.74 bits per heavy atom. The minimum Gasteiger partial charge on any atom is -0.493 e. The predicted molar refractivity (Wildman–Crippen MR) is 134 cm³/mol. The molecule has 0 aliphatic heterocycles. The van der Waals surface area contributed by atoms with Crippen molar-refractivity contribution < 1.29 is 26.9 Å². The number of hydrogen-bond donors (Lipinski definition) is 1. The molecule has 0 heterocycles. The van der Waals surface area contributed by atoms with Gasteiger partial charge in [0.25, 0.3) is 5.91 Å². The highest BCUT2D eigenvalue weighted by Crippen LogP contribution is 2.29. The zero-order valence-electron chi connectivity index (χ0n) is 18.4. The molecule has 182 valence electrons. The molecule has 0 saturated heterocycles. The lowest BCUT2D eigenvalue weighted by molar-refractivity contribution is 0.0954. The molecular formula is C24H20Cl2N2O6S. The third-order valence-electron chi connectivity index (χ3n) is 4.42. The molecule has 3 aromatic rings. The van der Waals surface area contributed by atoms with Crippen LogP contribution in [0.25, 0.3) is 0 Å². The Morgan fingerprint density at radius 1 is 1.03 bits per heavy atom. The Hall–Kier alpha value is -3.53. The molecule has 0 aliphatic rings. The third kappa shape index (κ3) is 6.98. The number of amides is 1. The molecule has 0 aliphatic carbocycles. The number of carbonyl (C=O) groups excluding carboxylic acids is 1. The molecule has 0 radical (unpaired) electrons. The van der Waals surface area contributed by atoms with Gasteiger partial charge in [-0.05, 0) is 66.2 Å². The Kier molecular flexibility index (Phi) is 8.75. The van der Waals surface area contributed by atoms with Crippen LogP contribution in [0.15, 0.2) is 83.3 Å². The maximum atomic E-state index is 12.4. The van der Waals surface area contributed by atoms with Gasteiger partial charge in [-0.25, -0.2) is 5.43 Å². The number of nitrogens with one attached hydrogen (secondary N) is 1. The van der Waals surface area contributed by atoms with Crippen molar-refractivity contribution in [3.05, 3.63) is 94.5 Å². The fourth-order valence-electron chi connectivity index (χ4n) is 2.74. The first kappa shape index (κ1) is 26.1. The molecule has 1 amide bonds. The summed E-state index contributed by atoms with van der Waals surface area (Å²) >= 11 is 12.0. The van der Waals surface area contributed by atoms with Gasteiger partial charge < -0.3 is 13.7 Å². The first-order valence-corrected chi connectivity index (χ1v) is 12.1. The average Bonchev–Trinajstić information content (AvgIpc) is 2.84. The van der Waals surface area contributed by atoms with Gasteiger partial charge in [0.15, 0.2) is 17.2 Å². The molecule has 0 fully saturated rings. The number of hydrazone groups is 1. The van der Waals surface area contributed by atoms with E-state index in [-0.39, 0.29) is 15.7 Å². The van der Waals surface area contributed by atoms with Crippen LogP contribution in [0.4, 0.5) is 0 Å². The molecule has 3 rings (SSSR count). The van der Waals surface area contributed by atoms with Crippen LogP contribution >= 0.6 is 23.2 Å². The molecule has 0 spiro atoms. The third-order valence-corrected chi connectivity index (χ3v) is 6.22. The smallest absolute Gasteiger partial charge is 0.339 e. The van der Waals surface area contributed by atoms with Crippen molar-refractivity contribution in [3.8, 4) is 17.2 Å². The predicted octanol–water partition coefficient (Wildman–Crippen LogP) is 5.10.